The third kappa shape index (κ3) is 5.65. The lowest BCUT2D eigenvalue weighted by atomic mass is 10.1. The zero-order valence-electron chi connectivity index (χ0n) is 16.9. The van der Waals surface area contributed by atoms with Gasteiger partial charge >= 0.3 is 5.97 Å². The Kier molecular flexibility index (Phi) is 6.96. The van der Waals surface area contributed by atoms with Crippen LogP contribution in [0.15, 0.2) is 53.1 Å². The van der Waals surface area contributed by atoms with Crippen LogP contribution in [-0.4, -0.2) is 30.1 Å². The van der Waals surface area contributed by atoms with E-state index in [-0.39, 0.29) is 30.1 Å². The van der Waals surface area contributed by atoms with E-state index in [9.17, 15) is 18.4 Å². The molecule has 0 aliphatic rings. The number of amides is 1. The van der Waals surface area contributed by atoms with Gasteiger partial charge < -0.3 is 19.2 Å². The van der Waals surface area contributed by atoms with E-state index in [4.69, 9.17) is 13.9 Å². The maximum absolute atomic E-state index is 13.8. The fourth-order valence-electron chi connectivity index (χ4n) is 2.71. The Morgan fingerprint density at radius 3 is 2.45 bits per heavy atom. The van der Waals surface area contributed by atoms with Crippen LogP contribution in [0.5, 0.6) is 5.75 Å². The second kappa shape index (κ2) is 9.84. The van der Waals surface area contributed by atoms with E-state index in [1.54, 1.807) is 24.3 Å². The fraction of sp³-hybridized carbons (Fsp3) is 0.227. The number of ether oxygens (including phenoxy) is 2. The number of carbonyl (C=O) groups excluding carboxylic acids is 2. The second-order valence-corrected chi connectivity index (χ2v) is 6.56. The van der Waals surface area contributed by atoms with E-state index in [1.165, 1.54) is 26.3 Å². The molecular weight excluding hydrogens is 410 g/mol. The Labute approximate surface area is 177 Å². The van der Waals surface area contributed by atoms with E-state index >= 15 is 0 Å². The number of rotatable bonds is 8. The molecule has 0 radical (unpaired) electrons. The van der Waals surface area contributed by atoms with Gasteiger partial charge in [-0.2, -0.15) is 0 Å². The molecule has 31 heavy (non-hydrogen) atoms. The lowest BCUT2D eigenvalue weighted by Crippen LogP contribution is -2.30. The Balaban J connectivity index is 1.50. The van der Waals surface area contributed by atoms with Gasteiger partial charge in [0, 0.05) is 12.1 Å². The van der Waals surface area contributed by atoms with E-state index in [0.29, 0.717) is 11.4 Å². The summed E-state index contributed by atoms with van der Waals surface area (Å²) in [6, 6.07) is 10.1. The minimum atomic E-state index is -1.03. The maximum Gasteiger partial charge on any atom is 0.307 e. The molecule has 0 aliphatic carbocycles. The van der Waals surface area contributed by atoms with Crippen LogP contribution in [-0.2, 0) is 20.7 Å². The first-order chi connectivity index (χ1) is 14.9. The molecule has 2 aromatic carbocycles. The molecule has 0 aliphatic heterocycles. The quantitative estimate of drug-likeness (QED) is 0.541. The Morgan fingerprint density at radius 1 is 1.13 bits per heavy atom. The lowest BCUT2D eigenvalue weighted by molar-refractivity contribution is -0.153. The summed E-state index contributed by atoms with van der Waals surface area (Å²) in [7, 11) is 1.53. The van der Waals surface area contributed by atoms with Crippen molar-refractivity contribution in [1.29, 1.82) is 0 Å². The van der Waals surface area contributed by atoms with Gasteiger partial charge in [0.1, 0.15) is 17.4 Å². The SMILES string of the molecule is COc1ccc(NC(=O)C(C)OC(=O)CCc2ncc(-c3c(F)cccc3F)o2)cc1. The standard InChI is InChI=1S/C22H20F2N2O5/c1-13(22(28)26-14-6-8-15(29-2)9-7-14)30-20(27)11-10-19-25-12-18(31-19)21-16(23)4-3-5-17(21)24/h3-9,12-13H,10-11H2,1-2H3,(H,26,28). The summed E-state index contributed by atoms with van der Waals surface area (Å²) < 4.78 is 43.2. The van der Waals surface area contributed by atoms with Gasteiger partial charge in [0.25, 0.3) is 5.91 Å². The Morgan fingerprint density at radius 2 is 1.81 bits per heavy atom. The predicted octanol–water partition coefficient (Wildman–Crippen LogP) is 4.13. The molecule has 1 atom stereocenters. The molecule has 1 unspecified atom stereocenters. The van der Waals surface area contributed by atoms with E-state index in [2.05, 4.69) is 10.3 Å². The van der Waals surface area contributed by atoms with E-state index < -0.39 is 29.6 Å². The molecule has 162 valence electrons. The molecule has 1 amide bonds. The number of oxazole rings is 1. The lowest BCUT2D eigenvalue weighted by Gasteiger charge is -2.13. The minimum Gasteiger partial charge on any atom is -0.497 e. The van der Waals surface area contributed by atoms with Crippen LogP contribution >= 0.6 is 0 Å². The van der Waals surface area contributed by atoms with Crippen LogP contribution in [0.1, 0.15) is 19.2 Å². The summed E-state index contributed by atoms with van der Waals surface area (Å²) >= 11 is 0. The molecule has 0 fully saturated rings. The normalized spacial score (nSPS) is 11.6. The molecule has 3 aromatic rings. The van der Waals surface area contributed by atoms with Crippen LogP contribution in [0.3, 0.4) is 0 Å². The highest BCUT2D eigenvalue weighted by atomic mass is 19.1. The molecule has 1 aromatic heterocycles. The third-order valence-electron chi connectivity index (χ3n) is 4.34. The Hall–Kier alpha value is -3.75. The van der Waals surface area contributed by atoms with Crippen molar-refractivity contribution in [3.63, 3.8) is 0 Å². The number of halogens is 2. The van der Waals surface area contributed by atoms with Crippen molar-refractivity contribution in [1.82, 2.24) is 4.98 Å². The number of aryl methyl sites for hydroxylation is 1. The molecule has 9 heteroatoms. The van der Waals surface area contributed by atoms with Crippen molar-refractivity contribution in [3.05, 3.63) is 66.2 Å². The highest BCUT2D eigenvalue weighted by Gasteiger charge is 2.20. The van der Waals surface area contributed by atoms with Crippen molar-refractivity contribution in [2.75, 3.05) is 12.4 Å². The first kappa shape index (κ1) is 21.9. The monoisotopic (exact) mass is 430 g/mol. The van der Waals surface area contributed by atoms with Crippen LogP contribution in [0, 0.1) is 11.6 Å². The predicted molar refractivity (Wildman–Crippen MR) is 107 cm³/mol. The van der Waals surface area contributed by atoms with E-state index in [1.807, 2.05) is 0 Å². The summed E-state index contributed by atoms with van der Waals surface area (Å²) in [5.74, 6) is -2.01. The van der Waals surface area contributed by atoms with Gasteiger partial charge in [-0.25, -0.2) is 13.8 Å². The average Bonchev–Trinajstić information content (AvgIpc) is 3.21. The van der Waals surface area contributed by atoms with Crippen molar-refractivity contribution >= 4 is 17.6 Å². The number of carbonyl (C=O) groups is 2. The van der Waals surface area contributed by atoms with Crippen LogP contribution < -0.4 is 10.1 Å². The van der Waals surface area contributed by atoms with Gasteiger partial charge in [0.2, 0.25) is 0 Å². The molecule has 7 nitrogen and oxygen atoms in total. The summed E-state index contributed by atoms with van der Waals surface area (Å²) in [6.45, 7) is 1.45. The van der Waals surface area contributed by atoms with Gasteiger partial charge in [0.05, 0.1) is 25.3 Å². The van der Waals surface area contributed by atoms with Crippen LogP contribution in [0.4, 0.5) is 14.5 Å². The van der Waals surface area contributed by atoms with E-state index in [0.717, 1.165) is 12.1 Å². The second-order valence-electron chi connectivity index (χ2n) is 6.56. The zero-order chi connectivity index (χ0) is 22.4. The van der Waals surface area contributed by atoms with Crippen molar-refractivity contribution < 1.29 is 32.3 Å². The van der Waals surface area contributed by atoms with Crippen molar-refractivity contribution in [2.24, 2.45) is 0 Å². The van der Waals surface area contributed by atoms with Gasteiger partial charge in [-0.15, -0.1) is 0 Å². The summed E-state index contributed by atoms with van der Waals surface area (Å²) in [4.78, 5) is 28.2. The molecule has 0 saturated carbocycles. The first-order valence-electron chi connectivity index (χ1n) is 9.41. The molecule has 1 N–H and O–H groups in total. The molecule has 3 rings (SSSR count). The maximum atomic E-state index is 13.8. The molecule has 0 spiro atoms. The van der Waals surface area contributed by atoms with Gasteiger partial charge in [-0.1, -0.05) is 6.07 Å². The fourth-order valence-corrected chi connectivity index (χ4v) is 2.71. The molecule has 1 heterocycles. The number of anilines is 1. The molecule has 0 bridgehead atoms. The summed E-state index contributed by atoms with van der Waals surface area (Å²) in [6.07, 6.45) is 0.0801. The number of nitrogens with one attached hydrogen (secondary N) is 1. The molecular formula is C22H20F2N2O5. The van der Waals surface area contributed by atoms with Crippen LogP contribution in [0.2, 0.25) is 0 Å². The summed E-state index contributed by atoms with van der Waals surface area (Å²) in [5.41, 5.74) is 0.203. The highest BCUT2D eigenvalue weighted by Crippen LogP contribution is 2.26. The number of hydrogen-bond acceptors (Lipinski definition) is 6. The molecule has 0 saturated heterocycles. The Bertz CT molecular complexity index is 1050. The number of hydrogen-bond donors (Lipinski definition) is 1. The number of nitrogens with zero attached hydrogens (tertiary/aromatic N) is 1. The van der Waals surface area contributed by atoms with Crippen LogP contribution in [0.25, 0.3) is 11.3 Å². The van der Waals surface area contributed by atoms with Crippen molar-refractivity contribution in [2.45, 2.75) is 25.9 Å². The van der Waals surface area contributed by atoms with Gasteiger partial charge in [0.15, 0.2) is 17.8 Å². The topological polar surface area (TPSA) is 90.7 Å². The zero-order valence-corrected chi connectivity index (χ0v) is 16.9. The smallest absolute Gasteiger partial charge is 0.307 e. The number of esters is 1. The van der Waals surface area contributed by atoms with Gasteiger partial charge in [-0.05, 0) is 43.3 Å². The summed E-state index contributed by atoms with van der Waals surface area (Å²) in [5, 5.41) is 2.63. The minimum absolute atomic E-state index is 0.0434. The number of aromatic nitrogens is 1. The largest absolute Gasteiger partial charge is 0.497 e. The third-order valence-corrected chi connectivity index (χ3v) is 4.34. The number of benzene rings is 2. The van der Waals surface area contributed by atoms with Gasteiger partial charge in [-0.3, -0.25) is 9.59 Å². The number of methoxy groups -OCH3 is 1. The first-order valence-corrected chi connectivity index (χ1v) is 9.41. The highest BCUT2D eigenvalue weighted by molar-refractivity contribution is 5.95. The van der Waals surface area contributed by atoms with Crippen molar-refractivity contribution in [3.8, 4) is 17.1 Å². The average molecular weight is 430 g/mol.